The zero-order chi connectivity index (χ0) is 20.9. The van der Waals surface area contributed by atoms with E-state index < -0.39 is 0 Å². The molecule has 164 valence electrons. The van der Waals surface area contributed by atoms with E-state index in [1.165, 1.54) is 6.42 Å². The predicted molar refractivity (Wildman–Crippen MR) is 117 cm³/mol. The summed E-state index contributed by atoms with van der Waals surface area (Å²) in [5.41, 5.74) is 0.196. The van der Waals surface area contributed by atoms with Crippen LogP contribution in [0.15, 0.2) is 4.99 Å². The number of aliphatic imine (C=N–C) groups is 1. The normalized spacial score (nSPS) is 30.9. The number of hydrogen-bond donors (Lipinski definition) is 2. The van der Waals surface area contributed by atoms with Crippen molar-refractivity contribution in [1.82, 2.24) is 15.5 Å². The number of rotatable bonds is 5. The van der Waals surface area contributed by atoms with Gasteiger partial charge in [-0.15, -0.1) is 0 Å². The van der Waals surface area contributed by atoms with Crippen LogP contribution in [-0.2, 0) is 9.47 Å². The van der Waals surface area contributed by atoms with E-state index >= 15 is 0 Å². The van der Waals surface area contributed by atoms with Crippen LogP contribution < -0.4 is 10.6 Å². The molecule has 4 unspecified atom stereocenters. The molecular weight excluding hydrogens is 352 g/mol. The lowest BCUT2D eigenvalue weighted by atomic mass is 9.78. The first-order valence-corrected chi connectivity index (χ1v) is 11.0. The molecule has 28 heavy (non-hydrogen) atoms. The van der Waals surface area contributed by atoms with Gasteiger partial charge in [-0.25, -0.2) is 0 Å². The van der Waals surface area contributed by atoms with Crippen molar-refractivity contribution in [1.29, 1.82) is 0 Å². The van der Waals surface area contributed by atoms with Crippen molar-refractivity contribution < 1.29 is 9.47 Å². The number of ether oxygens (including phenoxy) is 2. The van der Waals surface area contributed by atoms with E-state index in [1.54, 1.807) is 0 Å². The van der Waals surface area contributed by atoms with Crippen LogP contribution >= 0.6 is 0 Å². The van der Waals surface area contributed by atoms with Crippen molar-refractivity contribution in [3.8, 4) is 0 Å². The summed E-state index contributed by atoms with van der Waals surface area (Å²) >= 11 is 0. The van der Waals surface area contributed by atoms with E-state index in [-0.39, 0.29) is 23.2 Å². The fraction of sp³-hybridized carbons (Fsp3) is 0.955. The summed E-state index contributed by atoms with van der Waals surface area (Å²) in [5.74, 6) is 1.39. The summed E-state index contributed by atoms with van der Waals surface area (Å²) in [6, 6.07) is 0. The molecule has 0 amide bonds. The standard InChI is InChI=1S/C22H44N4O2/c1-16-13-26(14-17(2)28-16)22(6,7)15-25-20(23-8)24-12-18-10-9-11-27-19(18)21(3,4)5/h16-19H,9-15H2,1-8H3,(H2,23,24,25). The molecule has 0 saturated carbocycles. The van der Waals surface area contributed by atoms with Crippen molar-refractivity contribution >= 4 is 5.96 Å². The minimum atomic E-state index is 0.0335. The molecule has 2 heterocycles. The number of nitrogens with one attached hydrogen (secondary N) is 2. The first kappa shape index (κ1) is 23.4. The number of morpholine rings is 1. The number of guanidine groups is 1. The van der Waals surface area contributed by atoms with Gasteiger partial charge >= 0.3 is 0 Å². The van der Waals surface area contributed by atoms with Gasteiger partial charge in [0.25, 0.3) is 0 Å². The molecule has 2 N–H and O–H groups in total. The molecule has 2 fully saturated rings. The molecule has 0 spiro atoms. The smallest absolute Gasteiger partial charge is 0.191 e. The molecule has 0 bridgehead atoms. The van der Waals surface area contributed by atoms with E-state index in [1.807, 2.05) is 7.05 Å². The van der Waals surface area contributed by atoms with Gasteiger partial charge in [0.2, 0.25) is 0 Å². The van der Waals surface area contributed by atoms with Crippen molar-refractivity contribution in [2.45, 2.75) is 85.2 Å². The molecule has 2 aliphatic heterocycles. The van der Waals surface area contributed by atoms with Crippen molar-refractivity contribution in [3.63, 3.8) is 0 Å². The Kier molecular flexibility index (Phi) is 8.17. The van der Waals surface area contributed by atoms with Gasteiger partial charge < -0.3 is 20.1 Å². The van der Waals surface area contributed by atoms with Gasteiger partial charge in [-0.05, 0) is 46.0 Å². The third-order valence-corrected chi connectivity index (χ3v) is 6.02. The predicted octanol–water partition coefficient (Wildman–Crippen LogP) is 2.88. The fourth-order valence-corrected chi connectivity index (χ4v) is 4.54. The van der Waals surface area contributed by atoms with E-state index in [4.69, 9.17) is 9.47 Å². The maximum atomic E-state index is 6.12. The average Bonchev–Trinajstić information content (AvgIpc) is 2.60. The molecule has 0 aromatic rings. The maximum Gasteiger partial charge on any atom is 0.191 e. The Morgan fingerprint density at radius 3 is 2.29 bits per heavy atom. The lowest BCUT2D eigenvalue weighted by Gasteiger charge is -2.45. The third-order valence-electron chi connectivity index (χ3n) is 6.02. The average molecular weight is 397 g/mol. The first-order valence-electron chi connectivity index (χ1n) is 11.0. The van der Waals surface area contributed by atoms with Crippen LogP contribution in [0, 0.1) is 11.3 Å². The van der Waals surface area contributed by atoms with Crippen molar-refractivity contribution in [3.05, 3.63) is 0 Å². The SMILES string of the molecule is CN=C(NCC1CCCOC1C(C)(C)C)NCC(C)(C)N1CC(C)OC(C)C1. The Bertz CT molecular complexity index is 505. The number of hydrogen-bond acceptors (Lipinski definition) is 4. The zero-order valence-electron chi connectivity index (χ0n) is 19.5. The minimum Gasteiger partial charge on any atom is -0.377 e. The lowest BCUT2D eigenvalue weighted by Crippen LogP contribution is -2.59. The molecule has 0 aromatic carbocycles. The van der Waals surface area contributed by atoms with Gasteiger partial charge in [0.05, 0.1) is 18.3 Å². The second-order valence-electron chi connectivity index (χ2n) is 10.3. The Labute approximate surface area is 172 Å². The van der Waals surface area contributed by atoms with Gasteiger partial charge in [0.1, 0.15) is 0 Å². The lowest BCUT2D eigenvalue weighted by molar-refractivity contribution is -0.0946. The summed E-state index contributed by atoms with van der Waals surface area (Å²) in [6.07, 6.45) is 3.20. The van der Waals surface area contributed by atoms with Crippen molar-refractivity contribution in [2.24, 2.45) is 16.3 Å². The molecule has 2 saturated heterocycles. The van der Waals surface area contributed by atoms with Gasteiger partial charge in [-0.1, -0.05) is 20.8 Å². The molecule has 6 heteroatoms. The van der Waals surface area contributed by atoms with Crippen LogP contribution in [0.25, 0.3) is 0 Å². The summed E-state index contributed by atoms with van der Waals surface area (Å²) in [6.45, 7) is 20.3. The Hall–Kier alpha value is -0.850. The van der Waals surface area contributed by atoms with Crippen molar-refractivity contribution in [2.75, 3.05) is 39.8 Å². The second kappa shape index (κ2) is 9.77. The Balaban J connectivity index is 1.86. The van der Waals surface area contributed by atoms with Crippen LogP contribution in [0.1, 0.15) is 61.3 Å². The zero-order valence-corrected chi connectivity index (χ0v) is 19.5. The number of nitrogens with zero attached hydrogens (tertiary/aromatic N) is 2. The van der Waals surface area contributed by atoms with Crippen LogP contribution in [0.3, 0.4) is 0 Å². The van der Waals surface area contributed by atoms with Gasteiger partial charge in [0, 0.05) is 51.3 Å². The summed E-state index contributed by atoms with van der Waals surface area (Å²) in [4.78, 5) is 6.97. The monoisotopic (exact) mass is 396 g/mol. The van der Waals surface area contributed by atoms with Gasteiger partial charge in [0.15, 0.2) is 5.96 Å². The molecule has 0 aliphatic carbocycles. The van der Waals surface area contributed by atoms with Crippen LogP contribution in [-0.4, -0.2) is 74.5 Å². The summed E-state index contributed by atoms with van der Waals surface area (Å²) < 4.78 is 12.0. The first-order chi connectivity index (χ1) is 13.0. The highest BCUT2D eigenvalue weighted by molar-refractivity contribution is 5.79. The second-order valence-corrected chi connectivity index (χ2v) is 10.3. The summed E-state index contributed by atoms with van der Waals surface area (Å²) in [7, 11) is 1.85. The van der Waals surface area contributed by atoms with Crippen LogP contribution in [0.5, 0.6) is 0 Å². The molecule has 6 nitrogen and oxygen atoms in total. The minimum absolute atomic E-state index is 0.0335. The largest absolute Gasteiger partial charge is 0.377 e. The summed E-state index contributed by atoms with van der Waals surface area (Å²) in [5, 5.41) is 7.10. The van der Waals surface area contributed by atoms with E-state index in [0.29, 0.717) is 12.0 Å². The molecule has 2 rings (SSSR count). The highest BCUT2D eigenvalue weighted by atomic mass is 16.5. The van der Waals surface area contributed by atoms with Crippen LogP contribution in [0.4, 0.5) is 0 Å². The van der Waals surface area contributed by atoms with Gasteiger partial charge in [-0.2, -0.15) is 0 Å². The van der Waals surface area contributed by atoms with E-state index in [0.717, 1.165) is 45.2 Å². The fourth-order valence-electron chi connectivity index (χ4n) is 4.54. The molecule has 4 atom stereocenters. The highest BCUT2D eigenvalue weighted by Crippen LogP contribution is 2.33. The highest BCUT2D eigenvalue weighted by Gasteiger charge is 2.36. The Morgan fingerprint density at radius 2 is 1.71 bits per heavy atom. The molecule has 2 aliphatic rings. The molecular formula is C22H44N4O2. The van der Waals surface area contributed by atoms with E-state index in [9.17, 15) is 0 Å². The molecule has 0 aromatic heterocycles. The quantitative estimate of drug-likeness (QED) is 0.553. The maximum absolute atomic E-state index is 6.12. The van der Waals surface area contributed by atoms with Gasteiger partial charge in [-0.3, -0.25) is 9.89 Å². The van der Waals surface area contributed by atoms with Crippen LogP contribution in [0.2, 0.25) is 0 Å². The molecule has 0 radical (unpaired) electrons. The Morgan fingerprint density at radius 1 is 1.07 bits per heavy atom. The van der Waals surface area contributed by atoms with E-state index in [2.05, 4.69) is 69.0 Å². The topological polar surface area (TPSA) is 58.1 Å². The third kappa shape index (κ3) is 6.60.